The predicted octanol–water partition coefficient (Wildman–Crippen LogP) is 0.224. The molecule has 1 aromatic heterocycles. The van der Waals surface area contributed by atoms with Gasteiger partial charge in [0.2, 0.25) is 0 Å². The van der Waals surface area contributed by atoms with Crippen molar-refractivity contribution in [1.29, 1.82) is 0 Å². The Morgan fingerprint density at radius 3 is 2.77 bits per heavy atom. The normalized spacial score (nSPS) is 12.1. The van der Waals surface area contributed by atoms with Crippen molar-refractivity contribution in [3.05, 3.63) is 46.7 Å². The van der Waals surface area contributed by atoms with Crippen LogP contribution in [0.2, 0.25) is 5.02 Å². The van der Waals surface area contributed by atoms with Crippen LogP contribution in [0.3, 0.4) is 0 Å². The fourth-order valence-corrected chi connectivity index (χ4v) is 2.10. The van der Waals surface area contributed by atoms with E-state index in [1.807, 2.05) is 12.1 Å². The third kappa shape index (κ3) is 4.52. The van der Waals surface area contributed by atoms with Crippen LogP contribution in [0.4, 0.5) is 0 Å². The average Bonchev–Trinajstić information content (AvgIpc) is 2.98. The Bertz CT molecular complexity index is 614. The number of aliphatic hydroxyl groups excluding tert-OH is 1. The number of aromatic nitrogens is 3. The van der Waals surface area contributed by atoms with E-state index in [0.717, 1.165) is 5.56 Å². The van der Waals surface area contributed by atoms with Crippen molar-refractivity contribution in [2.24, 2.45) is 5.73 Å². The van der Waals surface area contributed by atoms with Crippen molar-refractivity contribution in [3.8, 4) is 0 Å². The molecule has 7 nitrogen and oxygen atoms in total. The summed E-state index contributed by atoms with van der Waals surface area (Å²) in [4.78, 5) is 12.1. The molecule has 0 aliphatic rings. The van der Waals surface area contributed by atoms with Gasteiger partial charge in [0.15, 0.2) is 5.69 Å². The summed E-state index contributed by atoms with van der Waals surface area (Å²) in [5, 5.41) is 20.4. The second kappa shape index (κ2) is 7.88. The molecule has 118 valence electrons. The third-order valence-corrected chi connectivity index (χ3v) is 3.33. The van der Waals surface area contributed by atoms with Crippen LogP contribution in [0.15, 0.2) is 30.5 Å². The minimum Gasteiger partial charge on any atom is -0.394 e. The molecule has 0 saturated heterocycles. The Kier molecular flexibility index (Phi) is 5.88. The number of benzene rings is 1. The highest BCUT2D eigenvalue weighted by molar-refractivity contribution is 6.30. The fourth-order valence-electron chi connectivity index (χ4n) is 1.97. The van der Waals surface area contributed by atoms with Crippen LogP contribution in [-0.4, -0.2) is 45.2 Å². The van der Waals surface area contributed by atoms with Crippen molar-refractivity contribution >= 4 is 17.5 Å². The zero-order valence-electron chi connectivity index (χ0n) is 11.9. The first kappa shape index (κ1) is 16.4. The van der Waals surface area contributed by atoms with Crippen LogP contribution in [0, 0.1) is 0 Å². The van der Waals surface area contributed by atoms with Gasteiger partial charge in [-0.15, -0.1) is 5.10 Å². The molecule has 0 bridgehead atoms. The summed E-state index contributed by atoms with van der Waals surface area (Å²) < 4.78 is 1.50. The molecule has 1 heterocycles. The number of carbonyl (C=O) groups excluding carboxylic acids is 1. The first-order valence-corrected chi connectivity index (χ1v) is 7.26. The van der Waals surface area contributed by atoms with E-state index in [9.17, 15) is 9.90 Å². The Labute approximate surface area is 133 Å². The largest absolute Gasteiger partial charge is 0.394 e. The lowest BCUT2D eigenvalue weighted by atomic mass is 10.1. The Morgan fingerprint density at radius 2 is 2.14 bits per heavy atom. The monoisotopic (exact) mass is 323 g/mol. The van der Waals surface area contributed by atoms with Crippen LogP contribution in [-0.2, 0) is 13.0 Å². The lowest BCUT2D eigenvalue weighted by Crippen LogP contribution is -2.39. The number of aliphatic hydroxyl groups is 1. The number of nitrogens with one attached hydrogen (secondary N) is 1. The zero-order chi connectivity index (χ0) is 15.9. The van der Waals surface area contributed by atoms with E-state index in [1.54, 1.807) is 12.1 Å². The van der Waals surface area contributed by atoms with Gasteiger partial charge in [0, 0.05) is 11.6 Å². The molecule has 22 heavy (non-hydrogen) atoms. The number of rotatable bonds is 7. The molecule has 1 amide bonds. The number of halogens is 1. The minimum absolute atomic E-state index is 0.175. The molecule has 0 radical (unpaired) electrons. The van der Waals surface area contributed by atoms with Crippen molar-refractivity contribution in [1.82, 2.24) is 20.3 Å². The van der Waals surface area contributed by atoms with Crippen LogP contribution in [0.25, 0.3) is 0 Å². The quantitative estimate of drug-likeness (QED) is 0.676. The van der Waals surface area contributed by atoms with E-state index in [0.29, 0.717) is 24.5 Å². The summed E-state index contributed by atoms with van der Waals surface area (Å²) in [6.07, 6.45) is 2.02. The maximum Gasteiger partial charge on any atom is 0.273 e. The molecular formula is C14H18ClN5O2. The van der Waals surface area contributed by atoms with Crippen LogP contribution >= 0.6 is 11.6 Å². The standard InChI is InChI=1S/C14H18ClN5O2/c15-11-3-1-10(2-4-11)7-12(9-21)17-14(22)13-8-20(6-5-16)19-18-13/h1-4,8,12,21H,5-7,9,16H2,(H,17,22)/t12-/m1/s1. The lowest BCUT2D eigenvalue weighted by Gasteiger charge is -2.15. The van der Waals surface area contributed by atoms with Gasteiger partial charge in [0.05, 0.1) is 25.4 Å². The smallest absolute Gasteiger partial charge is 0.273 e. The summed E-state index contributed by atoms with van der Waals surface area (Å²) in [5.74, 6) is -0.378. The highest BCUT2D eigenvalue weighted by Gasteiger charge is 2.16. The lowest BCUT2D eigenvalue weighted by molar-refractivity contribution is 0.0911. The minimum atomic E-state index is -0.409. The molecule has 0 aliphatic heterocycles. The molecule has 8 heteroatoms. The summed E-state index contributed by atoms with van der Waals surface area (Å²) in [6, 6.07) is 6.84. The summed E-state index contributed by atoms with van der Waals surface area (Å²) in [5.41, 5.74) is 6.58. The molecule has 0 unspecified atom stereocenters. The van der Waals surface area contributed by atoms with E-state index >= 15 is 0 Å². The molecule has 1 aromatic carbocycles. The number of hydrogen-bond acceptors (Lipinski definition) is 5. The molecular weight excluding hydrogens is 306 g/mol. The maximum atomic E-state index is 12.1. The van der Waals surface area contributed by atoms with Gasteiger partial charge in [-0.2, -0.15) is 0 Å². The van der Waals surface area contributed by atoms with Gasteiger partial charge in [0.25, 0.3) is 5.91 Å². The fraction of sp³-hybridized carbons (Fsp3) is 0.357. The summed E-state index contributed by atoms with van der Waals surface area (Å²) in [6.45, 7) is 0.736. The first-order valence-electron chi connectivity index (χ1n) is 6.88. The molecule has 2 rings (SSSR count). The van der Waals surface area contributed by atoms with Gasteiger partial charge in [-0.1, -0.05) is 28.9 Å². The molecule has 0 spiro atoms. The zero-order valence-corrected chi connectivity index (χ0v) is 12.7. The van der Waals surface area contributed by atoms with Crippen LogP contribution < -0.4 is 11.1 Å². The van der Waals surface area contributed by atoms with Crippen molar-refractivity contribution < 1.29 is 9.90 Å². The molecule has 2 aromatic rings. The summed E-state index contributed by atoms with van der Waals surface area (Å²) in [7, 11) is 0. The molecule has 4 N–H and O–H groups in total. The van der Waals surface area contributed by atoms with Gasteiger partial charge in [0.1, 0.15) is 0 Å². The average molecular weight is 324 g/mol. The van der Waals surface area contributed by atoms with Gasteiger partial charge < -0.3 is 16.2 Å². The van der Waals surface area contributed by atoms with Crippen LogP contribution in [0.1, 0.15) is 16.1 Å². The number of hydrogen-bond donors (Lipinski definition) is 3. The predicted molar refractivity (Wildman–Crippen MR) is 82.6 cm³/mol. The molecule has 1 atom stereocenters. The van der Waals surface area contributed by atoms with Crippen molar-refractivity contribution in [2.75, 3.05) is 13.2 Å². The number of nitrogens with two attached hydrogens (primary N) is 1. The maximum absolute atomic E-state index is 12.1. The van der Waals surface area contributed by atoms with Gasteiger partial charge >= 0.3 is 0 Å². The first-order chi connectivity index (χ1) is 10.6. The van der Waals surface area contributed by atoms with Gasteiger partial charge in [-0.05, 0) is 24.1 Å². The van der Waals surface area contributed by atoms with E-state index in [4.69, 9.17) is 17.3 Å². The van der Waals surface area contributed by atoms with E-state index in [1.165, 1.54) is 10.9 Å². The Hall–Kier alpha value is -1.96. The number of carbonyl (C=O) groups is 1. The molecule has 0 aliphatic carbocycles. The second-order valence-corrected chi connectivity index (χ2v) is 5.28. The van der Waals surface area contributed by atoms with Gasteiger partial charge in [-0.3, -0.25) is 9.48 Å². The van der Waals surface area contributed by atoms with Crippen molar-refractivity contribution in [2.45, 2.75) is 19.0 Å². The number of nitrogens with zero attached hydrogens (tertiary/aromatic N) is 3. The van der Waals surface area contributed by atoms with Gasteiger partial charge in [-0.25, -0.2) is 0 Å². The second-order valence-electron chi connectivity index (χ2n) is 4.84. The molecule has 0 fully saturated rings. The molecule has 0 saturated carbocycles. The summed E-state index contributed by atoms with van der Waals surface area (Å²) >= 11 is 5.83. The SMILES string of the molecule is NCCn1cc(C(=O)N[C@@H](CO)Cc2ccc(Cl)cc2)nn1. The Balaban J connectivity index is 1.96. The van der Waals surface area contributed by atoms with Crippen LogP contribution in [0.5, 0.6) is 0 Å². The number of amides is 1. The Morgan fingerprint density at radius 1 is 1.41 bits per heavy atom. The van der Waals surface area contributed by atoms with E-state index < -0.39 is 6.04 Å². The highest BCUT2D eigenvalue weighted by Crippen LogP contribution is 2.11. The van der Waals surface area contributed by atoms with E-state index in [2.05, 4.69) is 15.6 Å². The topological polar surface area (TPSA) is 106 Å². The third-order valence-electron chi connectivity index (χ3n) is 3.08. The van der Waals surface area contributed by atoms with Crippen molar-refractivity contribution in [3.63, 3.8) is 0 Å². The van der Waals surface area contributed by atoms with E-state index in [-0.39, 0.29) is 18.2 Å². The highest BCUT2D eigenvalue weighted by atomic mass is 35.5.